The number of nitrogens with one attached hydrogen (secondary N) is 1. The molecule has 5 N–H and O–H groups in total. The average Bonchev–Trinajstić information content (AvgIpc) is 2.51. The average molecular weight is 352 g/mol. The van der Waals surface area contributed by atoms with Crippen LogP contribution in [0.1, 0.15) is 17.2 Å². The Labute approximate surface area is 132 Å². The van der Waals surface area contributed by atoms with Gasteiger partial charge in [0.15, 0.2) is 0 Å². The lowest BCUT2D eigenvalue weighted by atomic mass is 9.96. The van der Waals surface area contributed by atoms with Crippen LogP contribution < -0.4 is 26.5 Å². The topological polar surface area (TPSA) is 82.5 Å². The third-order valence-corrected chi connectivity index (χ3v) is 3.77. The molecule has 21 heavy (non-hydrogen) atoms. The highest BCUT2D eigenvalue weighted by Gasteiger charge is 2.20. The maximum atomic E-state index is 6.08. The van der Waals surface area contributed by atoms with E-state index >= 15 is 0 Å². The number of halogens is 1. The lowest BCUT2D eigenvalue weighted by Crippen LogP contribution is -2.29. The Kier molecular flexibility index (Phi) is 5.06. The molecular weight excluding hydrogens is 334 g/mol. The second-order valence-electron chi connectivity index (χ2n) is 4.48. The monoisotopic (exact) mass is 351 g/mol. The van der Waals surface area contributed by atoms with Crippen LogP contribution in [0, 0.1) is 0 Å². The molecule has 6 heteroatoms. The maximum Gasteiger partial charge on any atom is 0.124 e. The van der Waals surface area contributed by atoms with Crippen molar-refractivity contribution in [2.45, 2.75) is 6.04 Å². The first-order valence-electron chi connectivity index (χ1n) is 6.33. The van der Waals surface area contributed by atoms with E-state index in [1.807, 2.05) is 36.4 Å². The molecule has 1 atom stereocenters. The molecular formula is C15H18BrN3O2. The quantitative estimate of drug-likeness (QED) is 0.438. The minimum atomic E-state index is -0.312. The van der Waals surface area contributed by atoms with E-state index in [2.05, 4.69) is 21.4 Å². The van der Waals surface area contributed by atoms with Crippen LogP contribution in [-0.4, -0.2) is 14.2 Å². The molecule has 0 bridgehead atoms. The smallest absolute Gasteiger partial charge is 0.124 e. The molecule has 0 amide bonds. The summed E-state index contributed by atoms with van der Waals surface area (Å²) in [6, 6.07) is 10.9. The first-order valence-corrected chi connectivity index (χ1v) is 7.13. The predicted octanol–water partition coefficient (Wildman–Crippen LogP) is 2.60. The van der Waals surface area contributed by atoms with Crippen LogP contribution in [-0.2, 0) is 0 Å². The van der Waals surface area contributed by atoms with Gasteiger partial charge in [0.1, 0.15) is 11.5 Å². The molecule has 0 fully saturated rings. The van der Waals surface area contributed by atoms with Crippen LogP contribution >= 0.6 is 15.9 Å². The Morgan fingerprint density at radius 3 is 2.43 bits per heavy atom. The molecule has 2 aromatic rings. The first kappa shape index (κ1) is 15.6. The Morgan fingerprint density at radius 1 is 1.05 bits per heavy atom. The molecule has 2 aromatic carbocycles. The molecule has 0 aliphatic rings. The number of ether oxygens (including phenoxy) is 2. The zero-order valence-electron chi connectivity index (χ0n) is 11.9. The molecule has 2 rings (SSSR count). The lowest BCUT2D eigenvalue weighted by molar-refractivity contribution is 0.394. The van der Waals surface area contributed by atoms with E-state index in [9.17, 15) is 0 Å². The molecule has 112 valence electrons. The summed E-state index contributed by atoms with van der Waals surface area (Å²) < 4.78 is 11.6. The van der Waals surface area contributed by atoms with Gasteiger partial charge in [-0.15, -0.1) is 0 Å². The van der Waals surface area contributed by atoms with Crippen molar-refractivity contribution in [3.63, 3.8) is 0 Å². The highest BCUT2D eigenvalue weighted by molar-refractivity contribution is 9.10. The van der Waals surface area contributed by atoms with Gasteiger partial charge >= 0.3 is 0 Å². The van der Waals surface area contributed by atoms with Crippen molar-refractivity contribution in [1.29, 1.82) is 0 Å². The van der Waals surface area contributed by atoms with Crippen molar-refractivity contribution in [1.82, 2.24) is 5.43 Å². The summed E-state index contributed by atoms with van der Waals surface area (Å²) in [6.45, 7) is 0. The molecule has 0 aliphatic heterocycles. The second-order valence-corrected chi connectivity index (χ2v) is 5.40. The Balaban J connectivity index is 2.57. The van der Waals surface area contributed by atoms with Gasteiger partial charge in [-0.05, 0) is 42.0 Å². The van der Waals surface area contributed by atoms with Crippen molar-refractivity contribution < 1.29 is 9.47 Å². The molecule has 0 spiro atoms. The molecule has 0 aliphatic carbocycles. The molecule has 1 unspecified atom stereocenters. The minimum absolute atomic E-state index is 0.312. The summed E-state index contributed by atoms with van der Waals surface area (Å²) in [5, 5.41) is 0. The number of hydrogen-bond donors (Lipinski definition) is 3. The van der Waals surface area contributed by atoms with E-state index < -0.39 is 0 Å². The van der Waals surface area contributed by atoms with Crippen LogP contribution in [0.2, 0.25) is 0 Å². The number of hydrazine groups is 1. The number of hydrogen-bond acceptors (Lipinski definition) is 5. The molecule has 0 heterocycles. The number of anilines is 1. The third-order valence-electron chi connectivity index (χ3n) is 3.27. The van der Waals surface area contributed by atoms with Crippen molar-refractivity contribution in [3.8, 4) is 11.5 Å². The van der Waals surface area contributed by atoms with Gasteiger partial charge in [-0.1, -0.05) is 15.9 Å². The zero-order valence-corrected chi connectivity index (χ0v) is 13.5. The number of nitrogens with two attached hydrogens (primary N) is 2. The number of benzene rings is 2. The van der Waals surface area contributed by atoms with Crippen LogP contribution in [0.15, 0.2) is 40.9 Å². The second kappa shape index (κ2) is 6.80. The summed E-state index contributed by atoms with van der Waals surface area (Å²) in [4.78, 5) is 0. The minimum Gasteiger partial charge on any atom is -0.497 e. The van der Waals surface area contributed by atoms with Crippen LogP contribution in [0.3, 0.4) is 0 Å². The standard InChI is InChI=1S/C15H18BrN3O2/c1-20-10-4-6-14(21-2)12(8-10)15(19-18)11-7-9(16)3-5-13(11)17/h3-8,15,19H,17-18H2,1-2H3. The molecule has 0 aromatic heterocycles. The fourth-order valence-electron chi connectivity index (χ4n) is 2.21. The highest BCUT2D eigenvalue weighted by atomic mass is 79.9. The normalized spacial score (nSPS) is 12.0. The summed E-state index contributed by atoms with van der Waals surface area (Å²) in [5.74, 6) is 7.18. The van der Waals surface area contributed by atoms with Crippen molar-refractivity contribution >= 4 is 21.6 Å². The van der Waals surface area contributed by atoms with Crippen LogP contribution in [0.25, 0.3) is 0 Å². The molecule has 0 saturated heterocycles. The lowest BCUT2D eigenvalue weighted by Gasteiger charge is -2.22. The largest absolute Gasteiger partial charge is 0.497 e. The number of methoxy groups -OCH3 is 2. The van der Waals surface area contributed by atoms with E-state index in [4.69, 9.17) is 21.1 Å². The summed E-state index contributed by atoms with van der Waals surface area (Å²) in [7, 11) is 3.23. The van der Waals surface area contributed by atoms with Crippen LogP contribution in [0.4, 0.5) is 5.69 Å². The summed E-state index contributed by atoms with van der Waals surface area (Å²) >= 11 is 3.45. The Bertz CT molecular complexity index is 634. The fraction of sp³-hybridized carbons (Fsp3) is 0.200. The van der Waals surface area contributed by atoms with Crippen molar-refractivity contribution in [3.05, 3.63) is 52.0 Å². The SMILES string of the molecule is COc1ccc(OC)c(C(NN)c2cc(Br)ccc2N)c1. The Morgan fingerprint density at radius 2 is 1.81 bits per heavy atom. The van der Waals surface area contributed by atoms with Gasteiger partial charge in [-0.3, -0.25) is 5.84 Å². The van der Waals surface area contributed by atoms with E-state index in [-0.39, 0.29) is 6.04 Å². The van der Waals surface area contributed by atoms with Gasteiger partial charge in [-0.2, -0.15) is 0 Å². The van der Waals surface area contributed by atoms with Gasteiger partial charge in [0.05, 0.1) is 20.3 Å². The number of rotatable bonds is 5. The van der Waals surface area contributed by atoms with Crippen molar-refractivity contribution in [2.75, 3.05) is 20.0 Å². The van der Waals surface area contributed by atoms with Gasteiger partial charge in [-0.25, -0.2) is 5.43 Å². The maximum absolute atomic E-state index is 6.08. The van der Waals surface area contributed by atoms with E-state index in [0.717, 1.165) is 21.3 Å². The van der Waals surface area contributed by atoms with E-state index in [0.29, 0.717) is 11.4 Å². The molecule has 5 nitrogen and oxygen atoms in total. The summed E-state index contributed by atoms with van der Waals surface area (Å²) in [6.07, 6.45) is 0. The Hall–Kier alpha value is -1.76. The van der Waals surface area contributed by atoms with E-state index in [1.165, 1.54) is 0 Å². The molecule has 0 saturated carbocycles. The van der Waals surface area contributed by atoms with Crippen molar-refractivity contribution in [2.24, 2.45) is 5.84 Å². The fourth-order valence-corrected chi connectivity index (χ4v) is 2.59. The predicted molar refractivity (Wildman–Crippen MR) is 87.3 cm³/mol. The zero-order chi connectivity index (χ0) is 15.4. The van der Waals surface area contributed by atoms with Gasteiger partial charge in [0.2, 0.25) is 0 Å². The van der Waals surface area contributed by atoms with Gasteiger partial charge < -0.3 is 15.2 Å². The van der Waals surface area contributed by atoms with Gasteiger partial charge in [0.25, 0.3) is 0 Å². The van der Waals surface area contributed by atoms with E-state index in [1.54, 1.807) is 14.2 Å². The third kappa shape index (κ3) is 3.29. The van der Waals surface area contributed by atoms with Gasteiger partial charge in [0, 0.05) is 15.7 Å². The number of nitrogen functional groups attached to an aromatic ring is 1. The van der Waals surface area contributed by atoms with Crippen LogP contribution in [0.5, 0.6) is 11.5 Å². The first-order chi connectivity index (χ1) is 10.1. The highest BCUT2D eigenvalue weighted by Crippen LogP contribution is 2.35. The summed E-state index contributed by atoms with van der Waals surface area (Å²) in [5.41, 5.74) is 11.2. The molecule has 0 radical (unpaired) electrons.